The number of sulfonamides is 1. The summed E-state index contributed by atoms with van der Waals surface area (Å²) in [5.74, 6) is 0. The fraction of sp³-hybridized carbons (Fsp3) is 1.00. The molecule has 2 heterocycles. The largest absolute Gasteiger partial charge is 0.373 e. The van der Waals surface area contributed by atoms with Gasteiger partial charge in [-0.15, -0.1) is 0 Å². The molecule has 0 aromatic carbocycles. The molecule has 0 radical (unpaired) electrons. The van der Waals surface area contributed by atoms with Crippen LogP contribution in [0.1, 0.15) is 32.1 Å². The van der Waals surface area contributed by atoms with Crippen molar-refractivity contribution in [3.8, 4) is 0 Å². The van der Waals surface area contributed by atoms with Crippen LogP contribution < -0.4 is 0 Å². The van der Waals surface area contributed by atoms with Gasteiger partial charge in [0.25, 0.3) is 0 Å². The lowest BCUT2D eigenvalue weighted by Crippen LogP contribution is -2.47. The number of likely N-dealkylation sites (N-methyl/N-ethyl adjacent to an activating group) is 1. The van der Waals surface area contributed by atoms with E-state index in [9.17, 15) is 8.42 Å². The normalized spacial score (nSPS) is 32.3. The maximum absolute atomic E-state index is 12.2. The molecule has 0 bridgehead atoms. The van der Waals surface area contributed by atoms with Gasteiger partial charge in [-0.25, -0.2) is 12.7 Å². The van der Waals surface area contributed by atoms with Crippen molar-refractivity contribution >= 4 is 10.0 Å². The van der Waals surface area contributed by atoms with Crippen molar-refractivity contribution in [1.82, 2.24) is 9.21 Å². The van der Waals surface area contributed by atoms with E-state index in [0.29, 0.717) is 19.1 Å². The first kappa shape index (κ1) is 13.8. The van der Waals surface area contributed by atoms with Crippen LogP contribution in [0, 0.1) is 0 Å². The third-order valence-corrected chi connectivity index (χ3v) is 7.26. The molecular formula is C13H24N2O3S. The summed E-state index contributed by atoms with van der Waals surface area (Å²) in [6, 6.07) is 0.478. The first-order valence-corrected chi connectivity index (χ1v) is 8.73. The summed E-state index contributed by atoms with van der Waals surface area (Å²) >= 11 is 0. The average molecular weight is 288 g/mol. The van der Waals surface area contributed by atoms with Gasteiger partial charge in [0.05, 0.1) is 17.5 Å². The van der Waals surface area contributed by atoms with E-state index in [1.165, 1.54) is 0 Å². The van der Waals surface area contributed by atoms with E-state index in [4.69, 9.17) is 4.74 Å². The van der Waals surface area contributed by atoms with Gasteiger partial charge < -0.3 is 9.64 Å². The van der Waals surface area contributed by atoms with Gasteiger partial charge in [0, 0.05) is 19.1 Å². The van der Waals surface area contributed by atoms with Crippen LogP contribution in [-0.4, -0.2) is 68.3 Å². The molecule has 1 atom stereocenters. The molecule has 110 valence electrons. The Kier molecular flexibility index (Phi) is 3.40. The Balaban J connectivity index is 1.61. The summed E-state index contributed by atoms with van der Waals surface area (Å²) in [7, 11) is 1.17. The van der Waals surface area contributed by atoms with E-state index in [2.05, 4.69) is 19.0 Å². The Labute approximate surface area is 115 Å². The van der Waals surface area contributed by atoms with E-state index in [0.717, 1.165) is 38.7 Å². The molecule has 3 rings (SSSR count). The smallest absolute Gasteiger partial charge is 0.216 e. The lowest BCUT2D eigenvalue weighted by Gasteiger charge is -2.38. The second-order valence-corrected chi connectivity index (χ2v) is 8.67. The first-order chi connectivity index (χ1) is 8.93. The van der Waals surface area contributed by atoms with E-state index in [1.807, 2.05) is 0 Å². The standard InChI is InChI=1S/C13H24N2O3S/c1-14(2)11-9-13(18-10-11)5-7-15(8-6-13)19(16,17)12-3-4-12/h11-12H,3-10H2,1-2H3. The maximum atomic E-state index is 12.2. The highest BCUT2D eigenvalue weighted by molar-refractivity contribution is 7.90. The number of hydrogen-bond donors (Lipinski definition) is 0. The SMILES string of the molecule is CN(C)C1COC2(CCN(S(=O)(=O)C3CC3)CC2)C1. The van der Waals surface area contributed by atoms with Crippen LogP contribution in [-0.2, 0) is 14.8 Å². The van der Waals surface area contributed by atoms with E-state index < -0.39 is 10.0 Å². The lowest BCUT2D eigenvalue weighted by molar-refractivity contribution is -0.0315. The predicted molar refractivity (Wildman–Crippen MR) is 73.5 cm³/mol. The number of hydrogen-bond acceptors (Lipinski definition) is 4. The highest BCUT2D eigenvalue weighted by Crippen LogP contribution is 2.39. The molecule has 6 heteroatoms. The van der Waals surface area contributed by atoms with Gasteiger partial charge in [-0.2, -0.15) is 0 Å². The van der Waals surface area contributed by atoms with Crippen molar-refractivity contribution < 1.29 is 13.2 Å². The van der Waals surface area contributed by atoms with Crippen molar-refractivity contribution in [3.05, 3.63) is 0 Å². The average Bonchev–Trinajstić information content (AvgIpc) is 3.14. The minimum absolute atomic E-state index is 0.0650. The van der Waals surface area contributed by atoms with E-state index >= 15 is 0 Å². The molecule has 1 unspecified atom stereocenters. The van der Waals surface area contributed by atoms with E-state index in [-0.39, 0.29) is 10.9 Å². The van der Waals surface area contributed by atoms with Gasteiger partial charge in [-0.1, -0.05) is 0 Å². The van der Waals surface area contributed by atoms with Crippen molar-refractivity contribution in [2.24, 2.45) is 0 Å². The summed E-state index contributed by atoms with van der Waals surface area (Å²) in [6.07, 6.45) is 4.44. The molecule has 0 amide bonds. The number of nitrogens with zero attached hydrogens (tertiary/aromatic N) is 2. The van der Waals surface area contributed by atoms with E-state index in [1.54, 1.807) is 4.31 Å². The molecular weight excluding hydrogens is 264 g/mol. The Morgan fingerprint density at radius 2 is 1.84 bits per heavy atom. The van der Waals surface area contributed by atoms with Crippen LogP contribution in [0.4, 0.5) is 0 Å². The molecule has 0 N–H and O–H groups in total. The Bertz CT molecular complexity index is 437. The molecule has 1 spiro atoms. The van der Waals surface area contributed by atoms with Crippen LogP contribution in [0.3, 0.4) is 0 Å². The third-order valence-electron chi connectivity index (χ3n) is 4.86. The molecule has 3 aliphatic rings. The minimum Gasteiger partial charge on any atom is -0.373 e. The third kappa shape index (κ3) is 2.55. The maximum Gasteiger partial charge on any atom is 0.216 e. The second kappa shape index (κ2) is 4.69. The molecule has 0 aromatic rings. The topological polar surface area (TPSA) is 49.9 Å². The van der Waals surface area contributed by atoms with Crippen LogP contribution >= 0.6 is 0 Å². The fourth-order valence-electron chi connectivity index (χ4n) is 3.23. The van der Waals surface area contributed by atoms with Gasteiger partial charge in [-0.05, 0) is 46.2 Å². The molecule has 1 aliphatic carbocycles. The summed E-state index contributed by atoms with van der Waals surface area (Å²) in [6.45, 7) is 2.06. The first-order valence-electron chi connectivity index (χ1n) is 7.22. The Morgan fingerprint density at radius 1 is 1.21 bits per heavy atom. The van der Waals surface area contributed by atoms with Crippen LogP contribution in [0.25, 0.3) is 0 Å². The fourth-order valence-corrected chi connectivity index (χ4v) is 5.07. The van der Waals surface area contributed by atoms with Gasteiger partial charge >= 0.3 is 0 Å². The van der Waals surface area contributed by atoms with Crippen LogP contribution in [0.2, 0.25) is 0 Å². The summed E-state index contributed by atoms with van der Waals surface area (Å²) in [4.78, 5) is 2.21. The van der Waals surface area contributed by atoms with Crippen LogP contribution in [0.5, 0.6) is 0 Å². The second-order valence-electron chi connectivity index (χ2n) is 6.46. The van der Waals surface area contributed by atoms with Crippen molar-refractivity contribution in [1.29, 1.82) is 0 Å². The molecule has 0 aromatic heterocycles. The van der Waals surface area contributed by atoms with Crippen molar-refractivity contribution in [3.63, 3.8) is 0 Å². The summed E-state index contributed by atoms with van der Waals surface area (Å²) in [5, 5.41) is -0.0828. The zero-order chi connectivity index (χ0) is 13.7. The predicted octanol–water partition coefficient (Wildman–Crippen LogP) is 0.664. The number of ether oxygens (including phenoxy) is 1. The molecule has 1 saturated carbocycles. The molecule has 3 fully saturated rings. The molecule has 19 heavy (non-hydrogen) atoms. The van der Waals surface area contributed by atoms with Crippen LogP contribution in [0.15, 0.2) is 0 Å². The number of rotatable bonds is 3. The minimum atomic E-state index is -3.00. The van der Waals surface area contributed by atoms with Crippen molar-refractivity contribution in [2.45, 2.75) is 49.0 Å². The van der Waals surface area contributed by atoms with Gasteiger partial charge in [0.2, 0.25) is 10.0 Å². The summed E-state index contributed by atoms with van der Waals surface area (Å²) < 4.78 is 32.1. The highest BCUT2D eigenvalue weighted by atomic mass is 32.2. The summed E-state index contributed by atoms with van der Waals surface area (Å²) in [5.41, 5.74) is -0.0650. The zero-order valence-electron chi connectivity index (χ0n) is 11.8. The Morgan fingerprint density at radius 3 is 2.32 bits per heavy atom. The van der Waals surface area contributed by atoms with Crippen molar-refractivity contribution in [2.75, 3.05) is 33.8 Å². The quantitative estimate of drug-likeness (QED) is 0.766. The van der Waals surface area contributed by atoms with Gasteiger partial charge in [0.15, 0.2) is 0 Å². The van der Waals surface area contributed by atoms with Gasteiger partial charge in [0.1, 0.15) is 0 Å². The monoisotopic (exact) mass is 288 g/mol. The molecule has 2 aliphatic heterocycles. The number of piperidine rings is 1. The lowest BCUT2D eigenvalue weighted by atomic mass is 9.88. The molecule has 2 saturated heterocycles. The highest BCUT2D eigenvalue weighted by Gasteiger charge is 2.47. The Hall–Kier alpha value is -0.170. The van der Waals surface area contributed by atoms with Gasteiger partial charge in [-0.3, -0.25) is 0 Å². The molecule has 5 nitrogen and oxygen atoms in total. The zero-order valence-corrected chi connectivity index (χ0v) is 12.7.